The van der Waals surface area contributed by atoms with Crippen molar-refractivity contribution in [3.05, 3.63) is 84.6 Å². The first kappa shape index (κ1) is 23.0. The highest BCUT2D eigenvalue weighted by Crippen LogP contribution is 2.23. The fraction of sp³-hybridized carbons (Fsp3) is 0.125. The number of ether oxygens (including phenoxy) is 2. The predicted molar refractivity (Wildman–Crippen MR) is 126 cm³/mol. The van der Waals surface area contributed by atoms with Crippen LogP contribution >= 0.6 is 0 Å². The van der Waals surface area contributed by atoms with Gasteiger partial charge in [-0.05, 0) is 54.6 Å². The van der Waals surface area contributed by atoms with Gasteiger partial charge in [0.25, 0.3) is 5.91 Å². The Labute approximate surface area is 196 Å². The Bertz CT molecular complexity index is 1430. The van der Waals surface area contributed by atoms with E-state index in [1.165, 1.54) is 23.0 Å². The number of rotatable bonds is 9. The van der Waals surface area contributed by atoms with Gasteiger partial charge in [-0.2, -0.15) is 5.10 Å². The number of benzene rings is 3. The first-order chi connectivity index (χ1) is 16.3. The number of para-hydroxylation sites is 1. The van der Waals surface area contributed by atoms with Crippen LogP contribution in [0.2, 0.25) is 0 Å². The van der Waals surface area contributed by atoms with Gasteiger partial charge in [-0.25, -0.2) is 13.1 Å². The second-order valence-corrected chi connectivity index (χ2v) is 9.24. The second-order valence-electron chi connectivity index (χ2n) is 7.49. The van der Waals surface area contributed by atoms with Crippen LogP contribution in [0, 0.1) is 0 Å². The number of nitrogens with zero attached hydrogens (tertiary/aromatic N) is 2. The molecule has 34 heavy (non-hydrogen) atoms. The van der Waals surface area contributed by atoms with Gasteiger partial charge in [-0.15, -0.1) is 0 Å². The van der Waals surface area contributed by atoms with Crippen LogP contribution in [0.5, 0.6) is 17.2 Å². The Morgan fingerprint density at radius 2 is 1.62 bits per heavy atom. The van der Waals surface area contributed by atoms with Crippen molar-refractivity contribution >= 4 is 32.6 Å². The highest BCUT2D eigenvalue weighted by molar-refractivity contribution is 7.89. The number of hydrogen-bond donors (Lipinski definition) is 1. The molecule has 3 aromatic carbocycles. The van der Waals surface area contributed by atoms with Crippen LogP contribution in [0.4, 0.5) is 0 Å². The first-order valence-electron chi connectivity index (χ1n) is 10.2. The molecule has 0 spiro atoms. The highest BCUT2D eigenvalue weighted by atomic mass is 32.2. The van der Waals surface area contributed by atoms with Crippen molar-refractivity contribution in [1.82, 2.24) is 14.5 Å². The molecule has 0 bridgehead atoms. The molecule has 174 valence electrons. The summed E-state index contributed by atoms with van der Waals surface area (Å²) in [7, 11) is -3.67. The molecule has 0 aliphatic carbocycles. The number of carbonyl (C=O) groups excluding carboxylic acids is 2. The zero-order valence-electron chi connectivity index (χ0n) is 18.2. The lowest BCUT2D eigenvalue weighted by Gasteiger charge is -2.09. The van der Waals surface area contributed by atoms with Crippen LogP contribution in [-0.4, -0.2) is 42.8 Å². The summed E-state index contributed by atoms with van der Waals surface area (Å²) in [5, 5.41) is 4.79. The second kappa shape index (κ2) is 9.75. The van der Waals surface area contributed by atoms with E-state index in [-0.39, 0.29) is 24.5 Å². The summed E-state index contributed by atoms with van der Waals surface area (Å²) in [6, 6.07) is 20.9. The number of hydrogen-bond acceptors (Lipinski definition) is 7. The molecule has 4 aromatic rings. The monoisotopic (exact) mass is 479 g/mol. The van der Waals surface area contributed by atoms with E-state index in [0.717, 1.165) is 12.0 Å². The fourth-order valence-corrected chi connectivity index (χ4v) is 3.64. The average Bonchev–Trinajstić information content (AvgIpc) is 3.20. The minimum absolute atomic E-state index is 0.0203. The smallest absolute Gasteiger partial charge is 0.264 e. The minimum Gasteiger partial charge on any atom is -0.486 e. The Balaban J connectivity index is 1.34. The van der Waals surface area contributed by atoms with Crippen molar-refractivity contribution in [2.24, 2.45) is 0 Å². The van der Waals surface area contributed by atoms with Gasteiger partial charge >= 0.3 is 0 Å². The quantitative estimate of drug-likeness (QED) is 0.392. The van der Waals surface area contributed by atoms with Gasteiger partial charge in [0, 0.05) is 10.9 Å². The summed E-state index contributed by atoms with van der Waals surface area (Å²) in [6.07, 6.45) is 2.41. The maximum atomic E-state index is 12.4. The molecule has 1 heterocycles. The number of amides is 1. The third-order valence-corrected chi connectivity index (χ3v) is 5.27. The number of ketones is 1. The van der Waals surface area contributed by atoms with Crippen molar-refractivity contribution < 1.29 is 27.5 Å². The number of nitrogens with one attached hydrogen (secondary N) is 1. The van der Waals surface area contributed by atoms with Gasteiger partial charge in [0.05, 0.1) is 18.0 Å². The van der Waals surface area contributed by atoms with Gasteiger partial charge in [0.1, 0.15) is 30.4 Å². The lowest BCUT2D eigenvalue weighted by Crippen LogP contribution is -2.29. The Hall–Kier alpha value is -4.18. The summed E-state index contributed by atoms with van der Waals surface area (Å²) < 4.78 is 37.2. The molecule has 10 heteroatoms. The van der Waals surface area contributed by atoms with Crippen molar-refractivity contribution in [2.75, 3.05) is 12.9 Å². The molecule has 1 amide bonds. The molecule has 1 N–H and O–H groups in total. The van der Waals surface area contributed by atoms with E-state index >= 15 is 0 Å². The Morgan fingerprint density at radius 3 is 2.32 bits per heavy atom. The van der Waals surface area contributed by atoms with Crippen LogP contribution in [0.15, 0.2) is 79.0 Å². The number of carbonyl (C=O) groups is 2. The molecule has 0 saturated carbocycles. The number of sulfonamides is 1. The van der Waals surface area contributed by atoms with Crippen LogP contribution in [0.25, 0.3) is 10.9 Å². The van der Waals surface area contributed by atoms with E-state index in [9.17, 15) is 18.0 Å². The van der Waals surface area contributed by atoms with Gasteiger partial charge in [0.2, 0.25) is 10.0 Å². The van der Waals surface area contributed by atoms with E-state index in [1.54, 1.807) is 30.3 Å². The van der Waals surface area contributed by atoms with E-state index in [4.69, 9.17) is 9.47 Å². The van der Waals surface area contributed by atoms with Gasteiger partial charge in [-0.1, -0.05) is 18.2 Å². The van der Waals surface area contributed by atoms with Crippen LogP contribution in [-0.2, 0) is 21.4 Å². The van der Waals surface area contributed by atoms with Crippen molar-refractivity contribution in [3.63, 3.8) is 0 Å². The van der Waals surface area contributed by atoms with E-state index in [0.29, 0.717) is 22.4 Å². The summed E-state index contributed by atoms with van der Waals surface area (Å²) in [6.45, 7) is -0.164. The minimum atomic E-state index is -3.67. The van der Waals surface area contributed by atoms with Crippen LogP contribution < -0.4 is 14.2 Å². The SMILES string of the molecule is CS(=O)(=O)NC(=O)c1ccc2c(cnn2CC(=O)COc2ccc(Oc3ccccc3)cc2)c1. The number of fused-ring (bicyclic) bond motifs is 1. The third kappa shape index (κ3) is 5.99. The van der Waals surface area contributed by atoms with Gasteiger partial charge in [-0.3, -0.25) is 14.3 Å². The lowest BCUT2D eigenvalue weighted by molar-refractivity contribution is -0.121. The molecule has 0 unspecified atom stereocenters. The molecule has 1 aromatic heterocycles. The zero-order chi connectivity index (χ0) is 24.1. The van der Waals surface area contributed by atoms with Gasteiger partial charge in [0.15, 0.2) is 5.78 Å². The standard InChI is InChI=1S/C24H21N3O6S/c1-34(30,31)26-24(29)17-7-12-23-18(13-17)14-25-27(23)15-19(28)16-32-20-8-10-22(11-9-20)33-21-5-3-2-4-6-21/h2-14H,15-16H2,1H3,(H,26,29). The van der Waals surface area contributed by atoms with Gasteiger partial charge < -0.3 is 9.47 Å². The summed E-state index contributed by atoms with van der Waals surface area (Å²) >= 11 is 0. The molecule has 4 rings (SSSR count). The largest absolute Gasteiger partial charge is 0.486 e. The maximum Gasteiger partial charge on any atom is 0.264 e. The first-order valence-corrected chi connectivity index (χ1v) is 12.1. The third-order valence-electron chi connectivity index (χ3n) is 4.71. The average molecular weight is 480 g/mol. The normalized spacial score (nSPS) is 11.2. The number of aromatic nitrogens is 2. The zero-order valence-corrected chi connectivity index (χ0v) is 19.0. The molecular formula is C24H21N3O6S. The molecule has 9 nitrogen and oxygen atoms in total. The Kier molecular flexibility index (Phi) is 6.60. The van der Waals surface area contributed by atoms with Crippen molar-refractivity contribution in [2.45, 2.75) is 6.54 Å². The topological polar surface area (TPSA) is 117 Å². The predicted octanol–water partition coefficient (Wildman–Crippen LogP) is 3.17. The van der Waals surface area contributed by atoms with Crippen molar-refractivity contribution in [3.8, 4) is 17.2 Å². The molecular weight excluding hydrogens is 458 g/mol. The summed E-state index contributed by atoms with van der Waals surface area (Å²) in [4.78, 5) is 24.5. The van der Waals surface area contributed by atoms with E-state index < -0.39 is 15.9 Å². The van der Waals surface area contributed by atoms with Crippen LogP contribution in [0.3, 0.4) is 0 Å². The lowest BCUT2D eigenvalue weighted by atomic mass is 10.1. The molecule has 0 aliphatic rings. The van der Waals surface area contributed by atoms with E-state index in [2.05, 4.69) is 5.10 Å². The van der Waals surface area contributed by atoms with E-state index in [1.807, 2.05) is 35.1 Å². The molecule has 0 radical (unpaired) electrons. The molecule has 0 saturated heterocycles. The molecule has 0 atom stereocenters. The highest BCUT2D eigenvalue weighted by Gasteiger charge is 2.14. The number of Topliss-reactive ketones (excluding diaryl/α,β-unsaturated/α-hetero) is 1. The Morgan fingerprint density at radius 1 is 0.941 bits per heavy atom. The van der Waals surface area contributed by atoms with Crippen LogP contribution in [0.1, 0.15) is 10.4 Å². The fourth-order valence-electron chi connectivity index (χ4n) is 3.19. The maximum absolute atomic E-state index is 12.4. The molecule has 0 aliphatic heterocycles. The molecule has 0 fully saturated rings. The summed E-state index contributed by atoms with van der Waals surface area (Å²) in [5.74, 6) is 0.967. The summed E-state index contributed by atoms with van der Waals surface area (Å²) in [5.41, 5.74) is 0.804. The van der Waals surface area contributed by atoms with Crippen molar-refractivity contribution in [1.29, 1.82) is 0 Å².